The molecule has 4 heteroatoms. The Balaban J connectivity index is 2.08. The van der Waals surface area contributed by atoms with E-state index in [0.717, 1.165) is 16.3 Å². The summed E-state index contributed by atoms with van der Waals surface area (Å²) in [6.45, 7) is 3.42. The van der Waals surface area contributed by atoms with E-state index in [1.807, 2.05) is 25.2 Å². The zero-order valence-electron chi connectivity index (χ0n) is 9.50. The van der Waals surface area contributed by atoms with E-state index in [1.54, 1.807) is 0 Å². The molecule has 0 aliphatic carbocycles. The molecule has 88 valence electrons. The molecular weight excluding hydrogens is 226 g/mol. The quantitative estimate of drug-likeness (QED) is 0.878. The average molecular weight is 242 g/mol. The van der Waals surface area contributed by atoms with Crippen LogP contribution in [0.15, 0.2) is 18.2 Å². The lowest BCUT2D eigenvalue weighted by molar-refractivity contribution is -0.0796. The highest BCUT2D eigenvalue weighted by Gasteiger charge is 2.20. The molecule has 16 heavy (non-hydrogen) atoms. The van der Waals surface area contributed by atoms with Gasteiger partial charge in [-0.1, -0.05) is 17.7 Å². The lowest BCUT2D eigenvalue weighted by atomic mass is 10.1. The number of nitrogens with one attached hydrogen (secondary N) is 1. The second-order valence-electron chi connectivity index (χ2n) is 3.97. The third kappa shape index (κ3) is 2.48. The van der Waals surface area contributed by atoms with Crippen molar-refractivity contribution in [1.29, 1.82) is 0 Å². The highest BCUT2D eigenvalue weighted by atomic mass is 35.5. The van der Waals surface area contributed by atoms with Crippen molar-refractivity contribution in [3.63, 3.8) is 0 Å². The standard InChI is InChI=1S/C12H16ClNO2/c1-8(14-2)11-4-3-9(5-12(11)13)16-10-6-15-7-10/h3-5,8,10,14H,6-7H2,1-2H3. The molecule has 1 aliphatic heterocycles. The number of hydrogen-bond donors (Lipinski definition) is 1. The van der Waals surface area contributed by atoms with Crippen molar-refractivity contribution >= 4 is 11.6 Å². The number of halogens is 1. The van der Waals surface area contributed by atoms with E-state index in [4.69, 9.17) is 21.1 Å². The van der Waals surface area contributed by atoms with Gasteiger partial charge in [0.2, 0.25) is 0 Å². The SMILES string of the molecule is CNC(C)c1ccc(OC2COC2)cc1Cl. The summed E-state index contributed by atoms with van der Waals surface area (Å²) in [7, 11) is 1.91. The van der Waals surface area contributed by atoms with Gasteiger partial charge in [-0.05, 0) is 31.7 Å². The Labute approximate surface area is 101 Å². The van der Waals surface area contributed by atoms with Crippen LogP contribution in [0.3, 0.4) is 0 Å². The highest BCUT2D eigenvalue weighted by molar-refractivity contribution is 6.31. The average Bonchev–Trinajstić information content (AvgIpc) is 2.23. The van der Waals surface area contributed by atoms with Crippen LogP contribution in [0.4, 0.5) is 0 Å². The van der Waals surface area contributed by atoms with Crippen LogP contribution in [0.5, 0.6) is 5.75 Å². The predicted octanol–water partition coefficient (Wildman–Crippen LogP) is 2.40. The first kappa shape index (κ1) is 11.7. The molecule has 1 aromatic rings. The van der Waals surface area contributed by atoms with Gasteiger partial charge in [0.1, 0.15) is 11.9 Å². The first-order valence-electron chi connectivity index (χ1n) is 5.42. The van der Waals surface area contributed by atoms with Crippen LogP contribution in [-0.2, 0) is 4.74 Å². The van der Waals surface area contributed by atoms with Gasteiger partial charge in [0, 0.05) is 11.1 Å². The van der Waals surface area contributed by atoms with E-state index in [0.29, 0.717) is 13.2 Å². The van der Waals surface area contributed by atoms with Crippen molar-refractivity contribution in [2.24, 2.45) is 0 Å². The summed E-state index contributed by atoms with van der Waals surface area (Å²) >= 11 is 6.20. The summed E-state index contributed by atoms with van der Waals surface area (Å²) in [5.74, 6) is 0.811. The second-order valence-corrected chi connectivity index (χ2v) is 4.38. The Bertz CT molecular complexity index is 366. The molecule has 1 aromatic carbocycles. The number of ether oxygens (including phenoxy) is 2. The van der Waals surface area contributed by atoms with Crippen LogP contribution in [-0.4, -0.2) is 26.4 Å². The monoisotopic (exact) mass is 241 g/mol. The third-order valence-electron chi connectivity index (χ3n) is 2.78. The molecule has 1 aliphatic rings. The summed E-state index contributed by atoms with van der Waals surface area (Å²) in [6, 6.07) is 6.06. The Hall–Kier alpha value is -0.770. The lowest BCUT2D eigenvalue weighted by Gasteiger charge is -2.27. The third-order valence-corrected chi connectivity index (χ3v) is 3.11. The Kier molecular flexibility index (Phi) is 3.69. The fourth-order valence-corrected chi connectivity index (χ4v) is 1.90. The van der Waals surface area contributed by atoms with Crippen molar-refractivity contribution in [2.75, 3.05) is 20.3 Å². The van der Waals surface area contributed by atoms with E-state index >= 15 is 0 Å². The molecule has 1 atom stereocenters. The molecule has 2 rings (SSSR count). The molecule has 0 bridgehead atoms. The van der Waals surface area contributed by atoms with Gasteiger partial charge >= 0.3 is 0 Å². The molecule has 0 spiro atoms. The number of hydrogen-bond acceptors (Lipinski definition) is 3. The molecule has 1 heterocycles. The zero-order chi connectivity index (χ0) is 11.5. The van der Waals surface area contributed by atoms with E-state index in [1.165, 1.54) is 0 Å². The van der Waals surface area contributed by atoms with Gasteiger partial charge in [0.15, 0.2) is 0 Å². The van der Waals surface area contributed by atoms with Crippen LogP contribution in [0.25, 0.3) is 0 Å². The largest absolute Gasteiger partial charge is 0.486 e. The predicted molar refractivity (Wildman–Crippen MR) is 64.2 cm³/mol. The molecule has 0 saturated carbocycles. The minimum atomic E-state index is 0.184. The molecule has 0 aromatic heterocycles. The smallest absolute Gasteiger partial charge is 0.145 e. The summed E-state index contributed by atoms with van der Waals surface area (Å²) in [5, 5.41) is 3.90. The van der Waals surface area contributed by atoms with Gasteiger partial charge in [0.25, 0.3) is 0 Å². The summed E-state index contributed by atoms with van der Waals surface area (Å²) in [6.07, 6.45) is 0.184. The summed E-state index contributed by atoms with van der Waals surface area (Å²) < 4.78 is 10.7. The van der Waals surface area contributed by atoms with Crippen LogP contribution in [0.2, 0.25) is 5.02 Å². The summed E-state index contributed by atoms with van der Waals surface area (Å²) in [5.41, 5.74) is 1.08. The minimum absolute atomic E-state index is 0.184. The van der Waals surface area contributed by atoms with Gasteiger partial charge in [0.05, 0.1) is 13.2 Å². The number of rotatable bonds is 4. The maximum absolute atomic E-state index is 6.20. The zero-order valence-corrected chi connectivity index (χ0v) is 10.3. The van der Waals surface area contributed by atoms with Crippen molar-refractivity contribution in [1.82, 2.24) is 5.32 Å². The van der Waals surface area contributed by atoms with Crippen LogP contribution >= 0.6 is 11.6 Å². The first-order valence-corrected chi connectivity index (χ1v) is 5.79. The van der Waals surface area contributed by atoms with Crippen molar-refractivity contribution in [2.45, 2.75) is 19.1 Å². The normalized spacial score (nSPS) is 17.9. The maximum Gasteiger partial charge on any atom is 0.145 e. The minimum Gasteiger partial charge on any atom is -0.486 e. The lowest BCUT2D eigenvalue weighted by Crippen LogP contribution is -2.38. The molecule has 1 unspecified atom stereocenters. The fourth-order valence-electron chi connectivity index (χ4n) is 1.56. The molecule has 1 N–H and O–H groups in total. The Morgan fingerprint density at radius 2 is 2.25 bits per heavy atom. The van der Waals surface area contributed by atoms with Gasteiger partial charge in [-0.15, -0.1) is 0 Å². The second kappa shape index (κ2) is 5.04. The molecule has 0 amide bonds. The van der Waals surface area contributed by atoms with E-state index in [2.05, 4.69) is 12.2 Å². The van der Waals surface area contributed by atoms with Crippen LogP contribution in [0, 0.1) is 0 Å². The Morgan fingerprint density at radius 1 is 1.50 bits per heavy atom. The van der Waals surface area contributed by atoms with Crippen LogP contribution < -0.4 is 10.1 Å². The molecule has 1 saturated heterocycles. The van der Waals surface area contributed by atoms with Crippen LogP contribution in [0.1, 0.15) is 18.5 Å². The summed E-state index contributed by atoms with van der Waals surface area (Å²) in [4.78, 5) is 0. The van der Waals surface area contributed by atoms with E-state index in [-0.39, 0.29) is 12.1 Å². The van der Waals surface area contributed by atoms with Gasteiger partial charge in [-0.3, -0.25) is 0 Å². The van der Waals surface area contributed by atoms with E-state index < -0.39 is 0 Å². The van der Waals surface area contributed by atoms with Crippen molar-refractivity contribution in [3.05, 3.63) is 28.8 Å². The molecule has 0 radical (unpaired) electrons. The first-order chi connectivity index (χ1) is 7.70. The molecule has 1 fully saturated rings. The van der Waals surface area contributed by atoms with Crippen molar-refractivity contribution in [3.8, 4) is 5.75 Å². The topological polar surface area (TPSA) is 30.5 Å². The van der Waals surface area contributed by atoms with Crippen molar-refractivity contribution < 1.29 is 9.47 Å². The molecule has 3 nitrogen and oxygen atoms in total. The fraction of sp³-hybridized carbons (Fsp3) is 0.500. The molecular formula is C12H16ClNO2. The van der Waals surface area contributed by atoms with Gasteiger partial charge in [-0.2, -0.15) is 0 Å². The number of benzene rings is 1. The van der Waals surface area contributed by atoms with Gasteiger partial charge < -0.3 is 14.8 Å². The van der Waals surface area contributed by atoms with E-state index in [9.17, 15) is 0 Å². The van der Waals surface area contributed by atoms with Gasteiger partial charge in [-0.25, -0.2) is 0 Å². The Morgan fingerprint density at radius 3 is 2.75 bits per heavy atom. The highest BCUT2D eigenvalue weighted by Crippen LogP contribution is 2.28. The maximum atomic E-state index is 6.20.